The predicted octanol–water partition coefficient (Wildman–Crippen LogP) is 5.22. The van der Waals surface area contributed by atoms with Gasteiger partial charge >= 0.3 is 0 Å². The van der Waals surface area contributed by atoms with Crippen molar-refractivity contribution in [3.05, 3.63) is 42.5 Å². The highest BCUT2D eigenvalue weighted by molar-refractivity contribution is 5.94. The van der Waals surface area contributed by atoms with E-state index in [4.69, 9.17) is 0 Å². The summed E-state index contributed by atoms with van der Waals surface area (Å²) in [4.78, 5) is 0. The van der Waals surface area contributed by atoms with Gasteiger partial charge in [0, 0.05) is 16.6 Å². The number of rotatable bonds is 2. The average Bonchev–Trinajstić information content (AvgIpc) is 2.46. The van der Waals surface area contributed by atoms with Gasteiger partial charge in [-0.2, -0.15) is 0 Å². The maximum absolute atomic E-state index is 4.03. The summed E-state index contributed by atoms with van der Waals surface area (Å²) in [6, 6.07) is 15.5. The summed E-state index contributed by atoms with van der Waals surface area (Å²) in [5, 5.41) is 6.77. The highest BCUT2D eigenvalue weighted by Gasteiger charge is 2.50. The second-order valence-electron chi connectivity index (χ2n) is 7.85. The molecule has 4 fully saturated rings. The molecule has 2 aromatic carbocycles. The topological polar surface area (TPSA) is 12.0 Å². The number of nitrogens with one attached hydrogen (secondary N) is 1. The number of hydrogen-bond acceptors (Lipinski definition) is 1. The third kappa shape index (κ3) is 1.90. The lowest BCUT2D eigenvalue weighted by atomic mass is 9.53. The van der Waals surface area contributed by atoms with E-state index in [1.165, 1.54) is 55.0 Å². The third-order valence-corrected chi connectivity index (χ3v) is 6.23. The smallest absolute Gasteiger partial charge is 0.0424 e. The van der Waals surface area contributed by atoms with Crippen LogP contribution in [0.1, 0.15) is 38.5 Å². The summed E-state index contributed by atoms with van der Waals surface area (Å²) in [5.41, 5.74) is 1.76. The molecule has 0 atom stereocenters. The Hall–Kier alpha value is -1.50. The van der Waals surface area contributed by atoms with Gasteiger partial charge in [-0.05, 0) is 67.7 Å². The first-order chi connectivity index (χ1) is 10.3. The Morgan fingerprint density at radius 1 is 0.762 bits per heavy atom. The van der Waals surface area contributed by atoms with Crippen molar-refractivity contribution in [2.24, 2.45) is 17.8 Å². The maximum atomic E-state index is 4.03. The van der Waals surface area contributed by atoms with Gasteiger partial charge in [-0.3, -0.25) is 0 Å². The molecule has 0 amide bonds. The second-order valence-corrected chi connectivity index (χ2v) is 7.85. The molecular weight excluding hydrogens is 254 g/mol. The molecule has 2 aromatic rings. The number of benzene rings is 2. The summed E-state index contributed by atoms with van der Waals surface area (Å²) in [6.45, 7) is 0. The Morgan fingerprint density at radius 2 is 1.38 bits per heavy atom. The summed E-state index contributed by atoms with van der Waals surface area (Å²) < 4.78 is 0. The molecule has 0 heterocycles. The van der Waals surface area contributed by atoms with E-state index in [1.54, 1.807) is 0 Å². The van der Waals surface area contributed by atoms with Gasteiger partial charge in [-0.15, -0.1) is 0 Å². The first-order valence-electron chi connectivity index (χ1n) is 8.56. The zero-order valence-electron chi connectivity index (χ0n) is 12.5. The van der Waals surface area contributed by atoms with Gasteiger partial charge in [-0.1, -0.05) is 36.4 Å². The van der Waals surface area contributed by atoms with E-state index < -0.39 is 0 Å². The zero-order chi connectivity index (χ0) is 13.9. The first-order valence-corrected chi connectivity index (χ1v) is 8.56. The quantitative estimate of drug-likeness (QED) is 0.793. The first kappa shape index (κ1) is 12.1. The summed E-state index contributed by atoms with van der Waals surface area (Å²) in [5.74, 6) is 3.00. The number of hydrogen-bond donors (Lipinski definition) is 1. The van der Waals surface area contributed by atoms with Crippen LogP contribution in [-0.4, -0.2) is 5.54 Å². The molecule has 0 unspecified atom stereocenters. The molecule has 0 spiro atoms. The highest BCUT2D eigenvalue weighted by atomic mass is 15.0. The van der Waals surface area contributed by atoms with Crippen LogP contribution in [0.25, 0.3) is 10.8 Å². The summed E-state index contributed by atoms with van der Waals surface area (Å²) in [7, 11) is 0. The van der Waals surface area contributed by atoms with E-state index in [0.29, 0.717) is 5.54 Å². The molecule has 0 aliphatic heterocycles. The van der Waals surface area contributed by atoms with Crippen LogP contribution in [0.5, 0.6) is 0 Å². The minimum atomic E-state index is 0.402. The van der Waals surface area contributed by atoms with Crippen molar-refractivity contribution in [1.82, 2.24) is 0 Å². The van der Waals surface area contributed by atoms with E-state index in [2.05, 4.69) is 47.8 Å². The lowest BCUT2D eigenvalue weighted by Gasteiger charge is -2.57. The average molecular weight is 277 g/mol. The van der Waals surface area contributed by atoms with Crippen molar-refractivity contribution in [2.45, 2.75) is 44.1 Å². The van der Waals surface area contributed by atoms with Gasteiger partial charge in [0.15, 0.2) is 0 Å². The van der Waals surface area contributed by atoms with Gasteiger partial charge in [0.25, 0.3) is 0 Å². The molecule has 0 saturated heterocycles. The van der Waals surface area contributed by atoms with Gasteiger partial charge in [0.1, 0.15) is 0 Å². The van der Waals surface area contributed by atoms with Crippen molar-refractivity contribution in [1.29, 1.82) is 0 Å². The van der Waals surface area contributed by atoms with Crippen molar-refractivity contribution >= 4 is 16.5 Å². The summed E-state index contributed by atoms with van der Waals surface area (Å²) >= 11 is 0. The fraction of sp³-hybridized carbons (Fsp3) is 0.500. The van der Waals surface area contributed by atoms with E-state index in [-0.39, 0.29) is 0 Å². The Morgan fingerprint density at radius 3 is 2.10 bits per heavy atom. The minimum absolute atomic E-state index is 0.402. The van der Waals surface area contributed by atoms with E-state index in [9.17, 15) is 0 Å². The molecule has 4 aliphatic rings. The molecule has 1 N–H and O–H groups in total. The van der Waals surface area contributed by atoms with Crippen molar-refractivity contribution < 1.29 is 0 Å². The lowest BCUT2D eigenvalue weighted by molar-refractivity contribution is 0.0108. The van der Waals surface area contributed by atoms with Gasteiger partial charge < -0.3 is 5.32 Å². The number of anilines is 1. The van der Waals surface area contributed by atoms with Crippen LogP contribution in [0, 0.1) is 17.8 Å². The maximum Gasteiger partial charge on any atom is 0.0424 e. The molecule has 0 aromatic heterocycles. The molecule has 4 bridgehead atoms. The summed E-state index contributed by atoms with van der Waals surface area (Å²) in [6.07, 6.45) is 8.75. The minimum Gasteiger partial charge on any atom is -0.379 e. The van der Waals surface area contributed by atoms with Gasteiger partial charge in [0.2, 0.25) is 0 Å². The fourth-order valence-electron chi connectivity index (χ4n) is 5.88. The Kier molecular flexibility index (Phi) is 2.45. The van der Waals surface area contributed by atoms with Crippen LogP contribution in [-0.2, 0) is 0 Å². The molecule has 4 aliphatic carbocycles. The SMILES string of the molecule is c1ccc2c(NC34CC5CC(CC(C5)C3)C4)cccc2c1. The number of fused-ring (bicyclic) bond motifs is 1. The molecule has 21 heavy (non-hydrogen) atoms. The Balaban J connectivity index is 1.54. The van der Waals surface area contributed by atoms with Crippen molar-refractivity contribution in [3.63, 3.8) is 0 Å². The van der Waals surface area contributed by atoms with Crippen LogP contribution >= 0.6 is 0 Å². The van der Waals surface area contributed by atoms with Crippen LogP contribution in [0.3, 0.4) is 0 Å². The Labute approximate surface area is 126 Å². The standard InChI is InChI=1S/C20H23N/c1-2-6-18-17(4-1)5-3-7-19(18)21-20-11-14-8-15(12-20)10-16(9-14)13-20/h1-7,14-16,21H,8-13H2. The van der Waals surface area contributed by atoms with E-state index in [0.717, 1.165) is 17.8 Å². The molecule has 108 valence electrons. The molecule has 0 radical (unpaired) electrons. The largest absolute Gasteiger partial charge is 0.379 e. The highest BCUT2D eigenvalue weighted by Crippen LogP contribution is 2.56. The van der Waals surface area contributed by atoms with Crippen molar-refractivity contribution in [3.8, 4) is 0 Å². The van der Waals surface area contributed by atoms with Crippen LogP contribution in [0.2, 0.25) is 0 Å². The van der Waals surface area contributed by atoms with Crippen LogP contribution in [0.15, 0.2) is 42.5 Å². The third-order valence-electron chi connectivity index (χ3n) is 6.23. The van der Waals surface area contributed by atoms with E-state index >= 15 is 0 Å². The molecule has 1 heteroatoms. The van der Waals surface area contributed by atoms with Gasteiger partial charge in [0.05, 0.1) is 0 Å². The fourth-order valence-corrected chi connectivity index (χ4v) is 5.88. The van der Waals surface area contributed by atoms with Crippen molar-refractivity contribution in [2.75, 3.05) is 5.32 Å². The molecule has 1 nitrogen and oxygen atoms in total. The zero-order valence-corrected chi connectivity index (χ0v) is 12.5. The normalized spacial score (nSPS) is 37.0. The van der Waals surface area contributed by atoms with Gasteiger partial charge in [-0.25, -0.2) is 0 Å². The Bertz CT molecular complexity index is 647. The molecule has 6 rings (SSSR count). The van der Waals surface area contributed by atoms with E-state index in [1.807, 2.05) is 0 Å². The monoisotopic (exact) mass is 277 g/mol. The molecule has 4 saturated carbocycles. The lowest BCUT2D eigenvalue weighted by Crippen LogP contribution is -2.54. The predicted molar refractivity (Wildman–Crippen MR) is 88.5 cm³/mol. The second kappa shape index (κ2) is 4.25. The van der Waals surface area contributed by atoms with Crippen LogP contribution in [0.4, 0.5) is 5.69 Å². The van der Waals surface area contributed by atoms with Crippen LogP contribution < -0.4 is 5.32 Å². The molecular formula is C20H23N.